The van der Waals surface area contributed by atoms with Crippen LogP contribution in [0.2, 0.25) is 0 Å². The van der Waals surface area contributed by atoms with E-state index in [4.69, 9.17) is 18.3 Å². The van der Waals surface area contributed by atoms with E-state index in [-0.39, 0.29) is 12.1 Å². The second-order valence-corrected chi connectivity index (χ2v) is 29.6. The van der Waals surface area contributed by atoms with Crippen LogP contribution in [0.3, 0.4) is 0 Å². The van der Waals surface area contributed by atoms with Crippen LogP contribution in [0.5, 0.6) is 23.0 Å². The van der Waals surface area contributed by atoms with Gasteiger partial charge in [-0.3, -0.25) is 0 Å². The van der Waals surface area contributed by atoms with Gasteiger partial charge in [0, 0.05) is 66.3 Å². The number of para-hydroxylation sites is 6. The summed E-state index contributed by atoms with van der Waals surface area (Å²) in [6, 6.07) is 116. The Morgan fingerprint density at radius 3 is 1.06 bits per heavy atom. The topological polar surface area (TPSA) is 51.2 Å². The number of ether oxygens (including phenoxy) is 2. The molecule has 0 fully saturated rings. The number of fused-ring (bicyclic) bond motifs is 30. The van der Waals surface area contributed by atoms with Crippen LogP contribution in [0, 0.1) is 0 Å². The zero-order chi connectivity index (χ0) is 67.8. The minimum absolute atomic E-state index is 0.290. The SMILES string of the molecule is CC(C)(C)c1cc2c3c(c1)N(c1ccccc1-c1ccc4c(c1)Oc1ccccc1C41c4ccccc4-c4ccccc41)c1c(ccc4c1oc1ccccc14)B3c1ccc3c(oc4ccccc43)c1N2c1ccccc1-c1ccc2c(c1)Oc1ccccc1C21c2ccccc2-c2ccccc21. The number of furan rings is 2. The van der Waals surface area contributed by atoms with Crippen molar-refractivity contribution in [3.8, 4) is 67.5 Å². The molecule has 6 heterocycles. The summed E-state index contributed by atoms with van der Waals surface area (Å²) in [5.41, 5.74) is 31.3. The van der Waals surface area contributed by atoms with Gasteiger partial charge in [0.1, 0.15) is 34.2 Å². The Kier molecular flexibility index (Phi) is 11.3. The predicted molar refractivity (Wildman–Crippen MR) is 419 cm³/mol. The fourth-order valence-corrected chi connectivity index (χ4v) is 19.3. The predicted octanol–water partition coefficient (Wildman–Crippen LogP) is 23.1. The van der Waals surface area contributed by atoms with Crippen LogP contribution in [0.25, 0.3) is 88.4 Å². The van der Waals surface area contributed by atoms with Crippen LogP contribution in [-0.2, 0) is 16.2 Å². The lowest BCUT2D eigenvalue weighted by Crippen LogP contribution is -2.61. The first-order valence-corrected chi connectivity index (χ1v) is 35.8. The molecule has 6 aliphatic rings. The molecule has 0 atom stereocenters. The first-order valence-electron chi connectivity index (χ1n) is 35.8. The number of anilines is 6. The van der Waals surface area contributed by atoms with Gasteiger partial charge in [0.2, 0.25) is 0 Å². The third-order valence-electron chi connectivity index (χ3n) is 23.6. The Morgan fingerprint density at radius 2 is 0.641 bits per heavy atom. The molecule has 6 nitrogen and oxygen atoms in total. The molecule has 103 heavy (non-hydrogen) atoms. The largest absolute Gasteiger partial charge is 0.457 e. The monoisotopic (exact) mass is 1320 g/mol. The molecule has 0 unspecified atom stereocenters. The maximum absolute atomic E-state index is 7.40. The van der Waals surface area contributed by atoms with E-state index in [9.17, 15) is 0 Å². The van der Waals surface area contributed by atoms with Crippen molar-refractivity contribution in [2.75, 3.05) is 9.80 Å². The number of benzene rings is 15. The highest BCUT2D eigenvalue weighted by Gasteiger charge is 2.54. The molecule has 4 aliphatic heterocycles. The van der Waals surface area contributed by atoms with Gasteiger partial charge >= 0.3 is 0 Å². The number of hydrogen-bond acceptors (Lipinski definition) is 6. The highest BCUT2D eigenvalue weighted by molar-refractivity contribution is 7.00. The molecular formula is C96H61BN2O4. The summed E-state index contributed by atoms with van der Waals surface area (Å²) in [6.07, 6.45) is 0. The summed E-state index contributed by atoms with van der Waals surface area (Å²) < 4.78 is 29.3. The van der Waals surface area contributed by atoms with Crippen molar-refractivity contribution >= 4 is 101 Å². The van der Waals surface area contributed by atoms with Crippen molar-refractivity contribution in [1.82, 2.24) is 0 Å². The Balaban J connectivity index is 0.781. The molecule has 0 amide bonds. The minimum Gasteiger partial charge on any atom is -0.457 e. The van der Waals surface area contributed by atoms with Crippen molar-refractivity contribution in [2.45, 2.75) is 37.0 Å². The summed E-state index contributed by atoms with van der Waals surface area (Å²) >= 11 is 0. The molecule has 0 N–H and O–H groups in total. The summed E-state index contributed by atoms with van der Waals surface area (Å²) in [6.45, 7) is 6.74. The molecule has 0 saturated heterocycles. The van der Waals surface area contributed by atoms with Gasteiger partial charge < -0.3 is 28.1 Å². The van der Waals surface area contributed by atoms with Gasteiger partial charge in [-0.25, -0.2) is 0 Å². The van der Waals surface area contributed by atoms with Crippen molar-refractivity contribution in [2.24, 2.45) is 0 Å². The lowest BCUT2D eigenvalue weighted by atomic mass is 9.33. The van der Waals surface area contributed by atoms with Gasteiger partial charge in [0.05, 0.1) is 33.6 Å². The molecule has 0 saturated carbocycles. The first-order chi connectivity index (χ1) is 50.7. The molecule has 482 valence electrons. The van der Waals surface area contributed by atoms with Crippen molar-refractivity contribution in [3.05, 3.63) is 366 Å². The molecule has 17 aromatic rings. The van der Waals surface area contributed by atoms with Gasteiger partial charge in [0.25, 0.3) is 6.71 Å². The summed E-state index contributed by atoms with van der Waals surface area (Å²) in [7, 11) is 0. The van der Waals surface area contributed by atoms with E-state index in [1.54, 1.807) is 0 Å². The Morgan fingerprint density at radius 1 is 0.291 bits per heavy atom. The third-order valence-corrected chi connectivity index (χ3v) is 23.6. The van der Waals surface area contributed by atoms with E-state index in [0.29, 0.717) is 0 Å². The van der Waals surface area contributed by atoms with Gasteiger partial charge in [-0.05, 0) is 144 Å². The number of nitrogens with zero attached hydrogens (tertiary/aromatic N) is 2. The first kappa shape index (κ1) is 57.0. The average Bonchev–Trinajstić information content (AvgIpc) is 1.66. The molecular weight excluding hydrogens is 1260 g/mol. The Hall–Kier alpha value is -12.8. The maximum atomic E-state index is 7.40. The lowest BCUT2D eigenvalue weighted by molar-refractivity contribution is 0.436. The van der Waals surface area contributed by atoms with E-state index >= 15 is 0 Å². The molecule has 23 rings (SSSR count). The Labute approximate surface area is 595 Å². The fourth-order valence-electron chi connectivity index (χ4n) is 19.3. The second-order valence-electron chi connectivity index (χ2n) is 29.6. The molecule has 2 aromatic heterocycles. The molecule has 0 bridgehead atoms. The smallest absolute Gasteiger partial charge is 0.252 e. The Bertz CT molecular complexity index is 6140. The highest BCUT2D eigenvalue weighted by Crippen LogP contribution is 2.65. The highest BCUT2D eigenvalue weighted by atomic mass is 16.5. The standard InChI is InChI=1S/C96H61BN2O4/c1-94(2,3)58-54-81-89-82(55-58)99(80-39-19-9-25-60(80)57-45-49-76-88(53-57)101-86-43-23-17-37-74(86)96(76)71-34-14-6-28-63(71)64-29-7-15-35-72(64)96)91-78(51-47-68-66-31-11-21-41-84(66)103-93(68)91)97(89)77-50-46-67-65-30-10-20-40-83(65)102-92(67)90(77)98(81)79-38-18-8-24-59(79)56-44-48-75-87(52-56)100-85-42-22-16-36-73(85)95(75)69-32-12-4-26-61(69)62-27-5-13-33-70(62)95/h4-55H,1-3H3. The van der Waals surface area contributed by atoms with Gasteiger partial charge in [-0.2, -0.15) is 0 Å². The van der Waals surface area contributed by atoms with Gasteiger partial charge in [0.15, 0.2) is 11.2 Å². The molecule has 0 radical (unpaired) electrons. The molecule has 15 aromatic carbocycles. The summed E-state index contributed by atoms with van der Waals surface area (Å²) in [5.74, 6) is 3.37. The molecule has 7 heteroatoms. The zero-order valence-electron chi connectivity index (χ0n) is 56.6. The van der Waals surface area contributed by atoms with E-state index < -0.39 is 10.8 Å². The van der Waals surface area contributed by atoms with E-state index in [1.807, 2.05) is 0 Å². The van der Waals surface area contributed by atoms with Crippen LogP contribution in [0.4, 0.5) is 34.1 Å². The van der Waals surface area contributed by atoms with Crippen molar-refractivity contribution in [3.63, 3.8) is 0 Å². The second kappa shape index (κ2) is 20.4. The fraction of sp³-hybridized carbons (Fsp3) is 0.0625. The van der Waals surface area contributed by atoms with E-state index in [2.05, 4.69) is 346 Å². The van der Waals surface area contributed by atoms with Gasteiger partial charge in [-0.15, -0.1) is 0 Å². The molecule has 2 spiro atoms. The van der Waals surface area contributed by atoms with Crippen LogP contribution in [0.1, 0.15) is 70.8 Å². The van der Waals surface area contributed by atoms with Crippen LogP contribution >= 0.6 is 0 Å². The number of rotatable bonds is 4. The van der Waals surface area contributed by atoms with E-state index in [1.165, 1.54) is 55.5 Å². The summed E-state index contributed by atoms with van der Waals surface area (Å²) in [4.78, 5) is 5.12. The van der Waals surface area contributed by atoms with Crippen LogP contribution < -0.4 is 35.7 Å². The molecule has 2 aliphatic carbocycles. The minimum atomic E-state index is -0.609. The van der Waals surface area contributed by atoms with Crippen molar-refractivity contribution in [1.29, 1.82) is 0 Å². The number of hydrogen-bond donors (Lipinski definition) is 0. The van der Waals surface area contributed by atoms with Gasteiger partial charge in [-0.1, -0.05) is 276 Å². The average molecular weight is 1320 g/mol. The van der Waals surface area contributed by atoms with Crippen LogP contribution in [-0.4, -0.2) is 6.71 Å². The maximum Gasteiger partial charge on any atom is 0.252 e. The van der Waals surface area contributed by atoms with Crippen molar-refractivity contribution < 1.29 is 18.3 Å². The van der Waals surface area contributed by atoms with E-state index in [0.717, 1.165) is 156 Å². The lowest BCUT2D eigenvalue weighted by Gasteiger charge is -2.45. The zero-order valence-corrected chi connectivity index (χ0v) is 56.6. The normalized spacial score (nSPS) is 14.6. The van der Waals surface area contributed by atoms with Crippen LogP contribution in [0.15, 0.2) is 324 Å². The third kappa shape index (κ3) is 7.37. The summed E-state index contributed by atoms with van der Waals surface area (Å²) in [5, 5.41) is 4.25. The quantitative estimate of drug-likeness (QED) is 0.164.